The molecule has 5 heterocycles. The molecule has 7 aromatic rings. The van der Waals surface area contributed by atoms with Crippen LogP contribution >= 0.6 is 0 Å². The van der Waals surface area contributed by atoms with E-state index in [1.165, 1.54) is 0 Å². The Hall–Kier alpha value is -6.37. The Morgan fingerprint density at radius 1 is 0.312 bits per heavy atom. The van der Waals surface area contributed by atoms with Gasteiger partial charge in [0, 0.05) is 0 Å². The normalized spacial score (nSPS) is 12.9. The number of hydrogen-bond acceptors (Lipinski definition) is 10. The van der Waals surface area contributed by atoms with Gasteiger partial charge in [0.05, 0.1) is 22.8 Å². The Kier molecular flexibility index (Phi) is 14.4. The van der Waals surface area contributed by atoms with Gasteiger partial charge in [0.1, 0.15) is 19.6 Å². The van der Waals surface area contributed by atoms with Crippen LogP contribution in [0.15, 0.2) is 68.1 Å². The van der Waals surface area contributed by atoms with Crippen molar-refractivity contribution in [1.82, 2.24) is 19.9 Å². The minimum atomic E-state index is -4.81. The number of rotatable bonds is 8. The summed E-state index contributed by atoms with van der Waals surface area (Å²) in [6, 6.07) is 13.2. The molecule has 4 N–H and O–H groups in total. The summed E-state index contributed by atoms with van der Waals surface area (Å²) < 4.78 is 148. The van der Waals surface area contributed by atoms with Crippen molar-refractivity contribution < 1.29 is 68.7 Å². The van der Waals surface area contributed by atoms with E-state index < -0.39 is 40.5 Å². The molecule has 0 aliphatic carbocycles. The number of aromatic nitrogens is 4. The van der Waals surface area contributed by atoms with Crippen molar-refractivity contribution in [2.45, 2.75) is 103 Å². The van der Waals surface area contributed by atoms with Crippen molar-refractivity contribution >= 4 is 86.8 Å². The molecule has 9 rings (SSSR count). The Morgan fingerprint density at radius 2 is 0.494 bits per heavy atom. The number of nitrogens with zero attached hydrogens (tertiary/aromatic N) is 4. The summed E-state index contributed by atoms with van der Waals surface area (Å²) in [5.74, 6) is 0. The van der Waals surface area contributed by atoms with E-state index in [1.54, 1.807) is 156 Å². The summed E-state index contributed by atoms with van der Waals surface area (Å²) in [6.45, 7) is 19.6. The van der Waals surface area contributed by atoms with Crippen LogP contribution in [0.3, 0.4) is 0 Å². The van der Waals surface area contributed by atoms with E-state index in [0.29, 0.717) is 66.8 Å². The van der Waals surface area contributed by atoms with Gasteiger partial charge in [0.25, 0.3) is 40.5 Å². The van der Waals surface area contributed by atoms with E-state index in [9.17, 15) is 51.9 Å². The minimum Gasteiger partial charge on any atom is -0.657 e. The predicted molar refractivity (Wildman–Crippen MR) is 295 cm³/mol. The molecule has 0 unspecified atom stereocenters. The summed E-state index contributed by atoms with van der Waals surface area (Å²) in [5.41, 5.74) is 9.00. The SMILES string of the molecule is Cc1cc(C)c(S(=O)(=O)O)c(C)c1-c1c2nc(c(-c3c(C)cc(C)c(S(=O)(=O)O)c3C)c3ccc([n-]3)c(-c3c(C)cc(C)c(S(=O)(=O)O)c3C)c3nc(c(-c4c(C)cc(C)c(S(=O)(=O)O)c4C)c4ccc1[n-]4)C=C3)C=C2.[Co+2]. The second kappa shape index (κ2) is 19.5. The average Bonchev–Trinajstić information content (AvgIpc) is 4.14. The fraction of sp³-hybridized carbons (Fsp3) is 0.214. The van der Waals surface area contributed by atoms with E-state index in [-0.39, 0.29) is 126 Å². The first-order valence-electron chi connectivity index (χ1n) is 23.6. The first-order chi connectivity index (χ1) is 35.2. The topological polar surface area (TPSA) is 271 Å². The second-order valence-corrected chi connectivity index (χ2v) is 25.1. The van der Waals surface area contributed by atoms with Gasteiger partial charge in [-0.1, -0.05) is 48.5 Å². The van der Waals surface area contributed by atoms with Gasteiger partial charge >= 0.3 is 16.8 Å². The molecule has 1 radical (unpaired) electrons. The van der Waals surface area contributed by atoms with E-state index in [2.05, 4.69) is 0 Å². The van der Waals surface area contributed by atoms with Crippen molar-refractivity contribution in [3.63, 3.8) is 0 Å². The zero-order valence-corrected chi connectivity index (χ0v) is 48.0. The Labute approximate surface area is 457 Å². The molecule has 3 aromatic heterocycles. The molecule has 0 atom stereocenters. The first-order valence-corrected chi connectivity index (χ1v) is 29.4. The van der Waals surface area contributed by atoms with Gasteiger partial charge in [-0.05, 0) is 219 Å². The summed E-state index contributed by atoms with van der Waals surface area (Å²) in [7, 11) is -19.2. The first kappa shape index (κ1) is 56.8. The molecule has 0 saturated heterocycles. The Morgan fingerprint density at radius 3 is 0.662 bits per heavy atom. The average molecular weight is 1160 g/mol. The van der Waals surface area contributed by atoms with Gasteiger partial charge in [0.15, 0.2) is 0 Å². The van der Waals surface area contributed by atoms with Crippen LogP contribution in [0.5, 0.6) is 0 Å². The molecule has 77 heavy (non-hydrogen) atoms. The Bertz CT molecular complexity index is 3970. The number of hydrogen-bond donors (Lipinski definition) is 4. The maximum absolute atomic E-state index is 13.2. The molecule has 0 saturated carbocycles. The summed E-state index contributed by atoms with van der Waals surface area (Å²) >= 11 is 0. The smallest absolute Gasteiger partial charge is 0.657 e. The monoisotopic (exact) mass is 1160 g/mol. The molecule has 16 nitrogen and oxygen atoms in total. The van der Waals surface area contributed by atoms with Crippen molar-refractivity contribution in [2.75, 3.05) is 0 Å². The molecular weight excluding hydrogens is 1110 g/mol. The van der Waals surface area contributed by atoms with Crippen LogP contribution in [0.1, 0.15) is 89.5 Å². The second-order valence-electron chi connectivity index (χ2n) is 19.6. The molecule has 401 valence electrons. The van der Waals surface area contributed by atoms with Crippen molar-refractivity contribution in [2.24, 2.45) is 0 Å². The maximum atomic E-state index is 13.2. The quantitative estimate of drug-likeness (QED) is 0.103. The van der Waals surface area contributed by atoms with Crippen LogP contribution in [-0.4, -0.2) is 61.9 Å². The zero-order chi connectivity index (χ0) is 55.8. The van der Waals surface area contributed by atoms with E-state index >= 15 is 0 Å². The predicted octanol–water partition coefficient (Wildman–Crippen LogP) is 11.3. The molecular formula is C56H52CoN4O12S4. The van der Waals surface area contributed by atoms with E-state index in [0.717, 1.165) is 0 Å². The third kappa shape index (κ3) is 9.65. The number of aryl methyl sites for hydroxylation is 8. The molecule has 2 aliphatic rings. The van der Waals surface area contributed by atoms with Crippen molar-refractivity contribution in [3.05, 3.63) is 138 Å². The van der Waals surface area contributed by atoms with Crippen LogP contribution in [0, 0.1) is 83.1 Å². The molecule has 8 bridgehead atoms. The molecule has 21 heteroatoms. The number of fused-ring (bicyclic) bond motifs is 8. The zero-order valence-electron chi connectivity index (χ0n) is 43.7. The van der Waals surface area contributed by atoms with E-state index in [1.807, 2.05) is 0 Å². The molecule has 2 aliphatic heterocycles. The fourth-order valence-corrected chi connectivity index (χ4v) is 15.7. The van der Waals surface area contributed by atoms with Gasteiger partial charge in [-0.25, -0.2) is 9.97 Å². The molecule has 0 amide bonds. The van der Waals surface area contributed by atoms with E-state index in [4.69, 9.17) is 19.9 Å². The van der Waals surface area contributed by atoms with Gasteiger partial charge in [-0.2, -0.15) is 33.7 Å². The summed E-state index contributed by atoms with van der Waals surface area (Å²) in [6.07, 6.45) is 6.74. The van der Waals surface area contributed by atoms with Crippen LogP contribution in [0.25, 0.3) is 90.9 Å². The van der Waals surface area contributed by atoms with Crippen molar-refractivity contribution in [1.29, 1.82) is 0 Å². The third-order valence-corrected chi connectivity index (χ3v) is 18.8. The van der Waals surface area contributed by atoms with Crippen molar-refractivity contribution in [3.8, 4) is 44.5 Å². The molecule has 0 fully saturated rings. The fourth-order valence-electron chi connectivity index (χ4n) is 11.9. The molecule has 4 aromatic carbocycles. The summed E-state index contributed by atoms with van der Waals surface area (Å²) in [4.78, 5) is 19.7. The molecule has 0 spiro atoms. The van der Waals surface area contributed by atoms with Crippen LogP contribution in [0.4, 0.5) is 0 Å². The van der Waals surface area contributed by atoms with Gasteiger partial charge in [-0.3, -0.25) is 18.2 Å². The maximum Gasteiger partial charge on any atom is 2.00 e. The van der Waals surface area contributed by atoms with Crippen LogP contribution in [0.2, 0.25) is 0 Å². The van der Waals surface area contributed by atoms with Gasteiger partial charge in [0.2, 0.25) is 0 Å². The largest absolute Gasteiger partial charge is 2.00 e. The van der Waals surface area contributed by atoms with Gasteiger partial charge in [-0.15, -0.1) is 22.1 Å². The van der Waals surface area contributed by atoms with Crippen LogP contribution < -0.4 is 9.97 Å². The minimum absolute atomic E-state index is 0. The third-order valence-electron chi connectivity index (χ3n) is 14.2. The standard InChI is InChI=1S/C56H52N4O12S4.Co/c1-25-21-29(5)53(73(61,62)63)33(9)45(25)49-37-13-15-39(57-37)50(46-26(2)22-30(6)54(34(46)10)74(64,65)66)41-17-19-43(59-41)52(48-28(4)24-32(8)56(36(48)12)76(70,71)72)44-20-18-42(60-44)51(40-16-14-38(49)58-40)47-27(3)23-31(7)55(35(47)11)75(67,68)69;/h13-24H,1-12H3,(H,61,62,63)(H,64,65,66)(H,67,68,69)(H,70,71,72);/q-2;+2. The number of benzene rings is 4. The van der Waals surface area contributed by atoms with Gasteiger partial charge < -0.3 is 9.97 Å². The van der Waals surface area contributed by atoms with Crippen LogP contribution in [-0.2, 0) is 57.3 Å². The Balaban J connectivity index is 0.00000784. The summed E-state index contributed by atoms with van der Waals surface area (Å²) in [5, 5.41) is 0.